The second-order valence-corrected chi connectivity index (χ2v) is 9.86. The maximum Gasteiger partial charge on any atom is 0.247 e. The molecule has 4 aromatic rings. The van der Waals surface area contributed by atoms with Crippen LogP contribution in [-0.4, -0.2) is 16.7 Å². The maximum absolute atomic E-state index is 13.8. The van der Waals surface area contributed by atoms with E-state index >= 15 is 0 Å². The van der Waals surface area contributed by atoms with Gasteiger partial charge in [-0.1, -0.05) is 114 Å². The highest BCUT2D eigenvalue weighted by atomic mass is 35.5. The van der Waals surface area contributed by atoms with Gasteiger partial charge < -0.3 is 10.2 Å². The van der Waals surface area contributed by atoms with E-state index in [1.54, 1.807) is 35.2 Å². The Morgan fingerprint density at radius 1 is 0.730 bits per heavy atom. The Morgan fingerprint density at radius 3 is 2.00 bits per heavy atom. The van der Waals surface area contributed by atoms with E-state index in [0.717, 1.165) is 16.7 Å². The lowest BCUT2D eigenvalue weighted by Gasteiger charge is -2.32. The molecule has 0 heterocycles. The van der Waals surface area contributed by atoms with Crippen LogP contribution < -0.4 is 5.32 Å². The number of carbonyl (C=O) groups is 2. The zero-order valence-corrected chi connectivity index (χ0v) is 22.2. The van der Waals surface area contributed by atoms with Crippen LogP contribution in [0, 0.1) is 0 Å². The Bertz CT molecular complexity index is 1350. The number of rotatable bonds is 9. The van der Waals surface area contributed by atoms with Crippen molar-refractivity contribution in [2.45, 2.75) is 25.6 Å². The second kappa shape index (κ2) is 12.8. The normalized spacial score (nSPS) is 11.5. The summed E-state index contributed by atoms with van der Waals surface area (Å²) in [6.07, 6.45) is 0.161. The molecule has 1 N–H and O–H groups in total. The molecule has 0 aliphatic carbocycles. The van der Waals surface area contributed by atoms with Crippen molar-refractivity contribution in [1.29, 1.82) is 0 Å². The van der Waals surface area contributed by atoms with E-state index in [2.05, 4.69) is 5.32 Å². The van der Waals surface area contributed by atoms with E-state index in [4.69, 9.17) is 34.8 Å². The van der Waals surface area contributed by atoms with Crippen LogP contribution in [-0.2, 0) is 29.1 Å². The lowest BCUT2D eigenvalue weighted by atomic mass is 10.0. The number of nitrogens with zero attached hydrogens (tertiary/aromatic N) is 1. The molecular weight excluding hydrogens is 527 g/mol. The second-order valence-electron chi connectivity index (χ2n) is 8.58. The number of hydrogen-bond acceptors (Lipinski definition) is 2. The van der Waals surface area contributed by atoms with Crippen molar-refractivity contribution in [3.63, 3.8) is 0 Å². The molecule has 0 spiro atoms. The minimum absolute atomic E-state index is 0.161. The largest absolute Gasteiger partial charge is 0.350 e. The van der Waals surface area contributed by atoms with Gasteiger partial charge in [-0.25, -0.2) is 0 Å². The highest BCUT2D eigenvalue weighted by Crippen LogP contribution is 2.26. The van der Waals surface area contributed by atoms with E-state index in [0.29, 0.717) is 20.6 Å². The SMILES string of the molecule is O=C(NCc1ccc(Cl)cc1Cl)[C@@H](c1ccccc1)N(Cc1ccc(Cl)cc1)C(=O)Cc1ccccc1. The first-order chi connectivity index (χ1) is 17.9. The van der Waals surface area contributed by atoms with Crippen LogP contribution in [0.25, 0.3) is 0 Å². The van der Waals surface area contributed by atoms with Gasteiger partial charge in [-0.3, -0.25) is 9.59 Å². The van der Waals surface area contributed by atoms with Gasteiger partial charge in [-0.2, -0.15) is 0 Å². The molecule has 0 radical (unpaired) electrons. The number of halogens is 3. The third-order valence-electron chi connectivity index (χ3n) is 5.93. The number of amides is 2. The smallest absolute Gasteiger partial charge is 0.247 e. The summed E-state index contributed by atoms with van der Waals surface area (Å²) < 4.78 is 0. The van der Waals surface area contributed by atoms with Gasteiger partial charge in [0.2, 0.25) is 11.8 Å². The summed E-state index contributed by atoms with van der Waals surface area (Å²) in [4.78, 5) is 29.1. The zero-order valence-electron chi connectivity index (χ0n) is 19.9. The Hall–Kier alpha value is -3.31. The molecule has 188 valence electrons. The van der Waals surface area contributed by atoms with Crippen LogP contribution in [0.3, 0.4) is 0 Å². The third-order valence-corrected chi connectivity index (χ3v) is 6.77. The topological polar surface area (TPSA) is 49.4 Å². The molecule has 0 saturated carbocycles. The molecule has 7 heteroatoms. The number of carbonyl (C=O) groups excluding carboxylic acids is 2. The molecule has 4 nitrogen and oxygen atoms in total. The summed E-state index contributed by atoms with van der Waals surface area (Å²) >= 11 is 18.4. The van der Waals surface area contributed by atoms with E-state index in [9.17, 15) is 9.59 Å². The highest BCUT2D eigenvalue weighted by molar-refractivity contribution is 6.35. The van der Waals surface area contributed by atoms with Crippen molar-refractivity contribution in [3.05, 3.63) is 140 Å². The van der Waals surface area contributed by atoms with Crippen LogP contribution >= 0.6 is 34.8 Å². The third kappa shape index (κ3) is 7.36. The Balaban J connectivity index is 1.67. The van der Waals surface area contributed by atoms with Crippen LogP contribution in [0.15, 0.2) is 103 Å². The van der Waals surface area contributed by atoms with Crippen molar-refractivity contribution in [2.24, 2.45) is 0 Å². The first kappa shape index (κ1) is 26.7. The number of nitrogens with one attached hydrogen (secondary N) is 1. The lowest BCUT2D eigenvalue weighted by Crippen LogP contribution is -2.43. The summed E-state index contributed by atoms with van der Waals surface area (Å²) in [6.45, 7) is 0.428. The van der Waals surface area contributed by atoms with Gasteiger partial charge in [0.1, 0.15) is 6.04 Å². The fourth-order valence-corrected chi connectivity index (χ4v) is 4.64. The van der Waals surface area contributed by atoms with Gasteiger partial charge in [-0.15, -0.1) is 0 Å². The molecule has 2 amide bonds. The Labute approximate surface area is 231 Å². The van der Waals surface area contributed by atoms with Gasteiger partial charge in [0.15, 0.2) is 0 Å². The predicted octanol–water partition coefficient (Wildman–Crippen LogP) is 7.28. The van der Waals surface area contributed by atoms with Crippen LogP contribution in [0.1, 0.15) is 28.3 Å². The van der Waals surface area contributed by atoms with Gasteiger partial charge in [0, 0.05) is 28.2 Å². The molecule has 0 bridgehead atoms. The Kier molecular flexibility index (Phi) is 9.24. The van der Waals surface area contributed by atoms with Gasteiger partial charge in [-0.05, 0) is 46.5 Å². The number of hydrogen-bond donors (Lipinski definition) is 1. The quantitative estimate of drug-likeness (QED) is 0.238. The minimum Gasteiger partial charge on any atom is -0.350 e. The van der Waals surface area contributed by atoms with Crippen molar-refractivity contribution in [3.8, 4) is 0 Å². The fraction of sp³-hybridized carbons (Fsp3) is 0.133. The van der Waals surface area contributed by atoms with Crippen LogP contribution in [0.4, 0.5) is 0 Å². The molecule has 0 fully saturated rings. The summed E-state index contributed by atoms with van der Waals surface area (Å²) in [5.41, 5.74) is 3.16. The van der Waals surface area contributed by atoms with Crippen molar-refractivity contribution < 1.29 is 9.59 Å². The molecule has 0 aliphatic rings. The fourth-order valence-electron chi connectivity index (χ4n) is 4.03. The zero-order chi connectivity index (χ0) is 26.2. The van der Waals surface area contributed by atoms with Gasteiger partial charge >= 0.3 is 0 Å². The molecule has 37 heavy (non-hydrogen) atoms. The molecule has 4 rings (SSSR count). The molecule has 0 aromatic heterocycles. The Morgan fingerprint density at radius 2 is 1.35 bits per heavy atom. The van der Waals surface area contributed by atoms with Crippen molar-refractivity contribution in [1.82, 2.24) is 10.2 Å². The average Bonchev–Trinajstić information content (AvgIpc) is 2.90. The predicted molar refractivity (Wildman–Crippen MR) is 150 cm³/mol. The molecular formula is C30H25Cl3N2O2. The first-order valence-corrected chi connectivity index (χ1v) is 12.9. The van der Waals surface area contributed by atoms with Gasteiger partial charge in [0.25, 0.3) is 0 Å². The lowest BCUT2D eigenvalue weighted by molar-refractivity contribution is -0.141. The molecule has 0 aliphatic heterocycles. The number of benzene rings is 4. The minimum atomic E-state index is -0.862. The standard InChI is InChI=1S/C30H25Cl3N2O2/c31-25-14-11-22(12-15-25)20-35(28(36)17-21-7-3-1-4-8-21)29(23-9-5-2-6-10-23)30(37)34-19-24-13-16-26(32)18-27(24)33/h1-16,18,29H,17,19-20H2,(H,34,37)/t29-/m1/s1. The summed E-state index contributed by atoms with van der Waals surface area (Å²) in [5, 5.41) is 4.55. The van der Waals surface area contributed by atoms with Crippen molar-refractivity contribution in [2.75, 3.05) is 0 Å². The summed E-state index contributed by atoms with van der Waals surface area (Å²) in [6, 6.07) is 30.3. The van der Waals surface area contributed by atoms with Gasteiger partial charge in [0.05, 0.1) is 6.42 Å². The summed E-state index contributed by atoms with van der Waals surface area (Å²) in [5.74, 6) is -0.484. The average molecular weight is 552 g/mol. The van der Waals surface area contributed by atoms with E-state index in [-0.39, 0.29) is 31.3 Å². The highest BCUT2D eigenvalue weighted by Gasteiger charge is 2.31. The van der Waals surface area contributed by atoms with E-state index < -0.39 is 6.04 Å². The van der Waals surface area contributed by atoms with E-state index in [1.165, 1.54) is 0 Å². The van der Waals surface area contributed by atoms with E-state index in [1.807, 2.05) is 72.8 Å². The molecule has 0 saturated heterocycles. The molecule has 4 aromatic carbocycles. The van der Waals surface area contributed by atoms with Crippen molar-refractivity contribution >= 4 is 46.6 Å². The maximum atomic E-state index is 13.8. The van der Waals surface area contributed by atoms with Crippen LogP contribution in [0.2, 0.25) is 15.1 Å². The van der Waals surface area contributed by atoms with Crippen LogP contribution in [0.5, 0.6) is 0 Å². The monoisotopic (exact) mass is 550 g/mol. The summed E-state index contributed by atoms with van der Waals surface area (Å²) in [7, 11) is 0. The first-order valence-electron chi connectivity index (χ1n) is 11.7. The molecule has 0 unspecified atom stereocenters. The molecule has 1 atom stereocenters.